The fourth-order valence-electron chi connectivity index (χ4n) is 2.75. The molecular weight excluding hydrogens is 334 g/mol. The van der Waals surface area contributed by atoms with Crippen LogP contribution in [0.5, 0.6) is 0 Å². The number of hydrogen-bond acceptors (Lipinski definition) is 5. The standard InChI is InChI=1S/C13H23NOS2.C2H8O2Si/c1-3-14(4-2)13(16)17-8-7-10-5-6-11-12(9-10)15-11;1-3-5-4-2/h10-12H,3-9H2,1-2H3;5H2,1-2H3. The van der Waals surface area contributed by atoms with Crippen LogP contribution < -0.4 is 0 Å². The average molecular weight is 366 g/mol. The molecule has 1 saturated heterocycles. The highest BCUT2D eigenvalue weighted by Gasteiger charge is 2.43. The summed E-state index contributed by atoms with van der Waals surface area (Å²) in [4.78, 5) is 2.26. The molecule has 4 nitrogen and oxygen atoms in total. The van der Waals surface area contributed by atoms with Crippen LogP contribution >= 0.6 is 24.0 Å². The number of ether oxygens (including phenoxy) is 1. The van der Waals surface area contributed by atoms with Crippen molar-refractivity contribution < 1.29 is 13.6 Å². The van der Waals surface area contributed by atoms with Gasteiger partial charge in [-0.3, -0.25) is 0 Å². The van der Waals surface area contributed by atoms with Crippen LogP contribution in [0.2, 0.25) is 0 Å². The van der Waals surface area contributed by atoms with E-state index in [1.807, 2.05) is 11.8 Å². The highest BCUT2D eigenvalue weighted by Crippen LogP contribution is 2.40. The molecule has 2 rings (SSSR count). The highest BCUT2D eigenvalue weighted by atomic mass is 32.2. The van der Waals surface area contributed by atoms with Crippen molar-refractivity contribution in [2.75, 3.05) is 33.1 Å². The van der Waals surface area contributed by atoms with Crippen LogP contribution in [0, 0.1) is 5.92 Å². The summed E-state index contributed by atoms with van der Waals surface area (Å²) >= 11 is 7.29. The summed E-state index contributed by atoms with van der Waals surface area (Å²) < 4.78 is 15.9. The van der Waals surface area contributed by atoms with E-state index in [2.05, 4.69) is 27.6 Å². The van der Waals surface area contributed by atoms with Gasteiger partial charge in [-0.2, -0.15) is 0 Å². The van der Waals surface area contributed by atoms with E-state index >= 15 is 0 Å². The molecule has 0 aromatic rings. The molecule has 3 unspecified atom stereocenters. The van der Waals surface area contributed by atoms with Gasteiger partial charge in [-0.15, -0.1) is 0 Å². The number of rotatable bonds is 7. The number of thiocarbonyl (C=S) groups is 1. The number of hydrogen-bond donors (Lipinski definition) is 0. The first-order chi connectivity index (χ1) is 10.7. The lowest BCUT2D eigenvalue weighted by Gasteiger charge is -2.22. The molecular formula is C15H31NO3S2Si. The van der Waals surface area contributed by atoms with Crippen LogP contribution in [0.15, 0.2) is 0 Å². The van der Waals surface area contributed by atoms with Gasteiger partial charge in [0.2, 0.25) is 0 Å². The summed E-state index contributed by atoms with van der Waals surface area (Å²) in [5.74, 6) is 2.06. The van der Waals surface area contributed by atoms with Crippen molar-refractivity contribution in [2.45, 2.75) is 51.7 Å². The Morgan fingerprint density at radius 2 is 1.91 bits per heavy atom. The summed E-state index contributed by atoms with van der Waals surface area (Å²) in [6, 6.07) is 0. The molecule has 22 heavy (non-hydrogen) atoms. The molecule has 7 heteroatoms. The van der Waals surface area contributed by atoms with Crippen LogP contribution in [0.4, 0.5) is 0 Å². The summed E-state index contributed by atoms with van der Waals surface area (Å²) in [5.41, 5.74) is 0. The summed E-state index contributed by atoms with van der Waals surface area (Å²) in [6.07, 6.45) is 6.51. The number of fused-ring (bicyclic) bond motifs is 1. The molecule has 130 valence electrons. The van der Waals surface area contributed by atoms with Crippen molar-refractivity contribution in [3.63, 3.8) is 0 Å². The first-order valence-corrected chi connectivity index (χ1v) is 10.8. The van der Waals surface area contributed by atoms with E-state index in [1.54, 1.807) is 14.2 Å². The number of thioether (sulfide) groups is 1. The number of nitrogens with zero attached hydrogens (tertiary/aromatic N) is 1. The van der Waals surface area contributed by atoms with Gasteiger partial charge < -0.3 is 18.5 Å². The maximum absolute atomic E-state index is 5.57. The van der Waals surface area contributed by atoms with Gasteiger partial charge in [0, 0.05) is 33.1 Å². The predicted molar refractivity (Wildman–Crippen MR) is 101 cm³/mol. The van der Waals surface area contributed by atoms with Crippen LogP contribution in [0.25, 0.3) is 0 Å². The Morgan fingerprint density at radius 1 is 1.23 bits per heavy atom. The lowest BCUT2D eigenvalue weighted by atomic mass is 9.88. The lowest BCUT2D eigenvalue weighted by molar-refractivity contribution is 0.309. The van der Waals surface area contributed by atoms with Crippen molar-refractivity contribution in [1.82, 2.24) is 4.90 Å². The van der Waals surface area contributed by atoms with Crippen LogP contribution in [0.3, 0.4) is 0 Å². The Bertz CT molecular complexity index is 317. The lowest BCUT2D eigenvalue weighted by Crippen LogP contribution is -2.27. The molecule has 0 bridgehead atoms. The van der Waals surface area contributed by atoms with E-state index in [9.17, 15) is 0 Å². The van der Waals surface area contributed by atoms with Crippen molar-refractivity contribution in [1.29, 1.82) is 0 Å². The van der Waals surface area contributed by atoms with Crippen molar-refractivity contribution in [3.8, 4) is 0 Å². The van der Waals surface area contributed by atoms with Crippen molar-refractivity contribution >= 4 is 38.3 Å². The van der Waals surface area contributed by atoms with Crippen LogP contribution in [-0.4, -0.2) is 64.5 Å². The quantitative estimate of drug-likeness (QED) is 0.392. The monoisotopic (exact) mass is 365 g/mol. The zero-order chi connectivity index (χ0) is 16.4. The topological polar surface area (TPSA) is 34.2 Å². The Morgan fingerprint density at radius 3 is 2.41 bits per heavy atom. The molecule has 0 aromatic carbocycles. The molecule has 0 radical (unpaired) electrons. The minimum absolute atomic E-state index is 0.568. The third kappa shape index (κ3) is 7.74. The molecule has 1 saturated carbocycles. The first-order valence-electron chi connectivity index (χ1n) is 8.21. The highest BCUT2D eigenvalue weighted by molar-refractivity contribution is 8.22. The zero-order valence-electron chi connectivity index (χ0n) is 14.4. The van der Waals surface area contributed by atoms with E-state index in [0.29, 0.717) is 12.2 Å². The summed E-state index contributed by atoms with van der Waals surface area (Å²) in [6.45, 7) is 6.40. The van der Waals surface area contributed by atoms with Gasteiger partial charge in [0.25, 0.3) is 0 Å². The Hall–Kier alpha value is 0.337. The number of epoxide rings is 1. The second-order valence-electron chi connectivity index (χ2n) is 5.66. The third-order valence-corrected chi connectivity index (χ3v) is 6.15. The molecule has 0 spiro atoms. The predicted octanol–water partition coefficient (Wildman–Crippen LogP) is 2.58. The maximum atomic E-state index is 5.57. The van der Waals surface area contributed by atoms with Gasteiger partial charge in [0.15, 0.2) is 0 Å². The molecule has 1 aliphatic heterocycles. The average Bonchev–Trinajstić information content (AvgIpc) is 3.28. The van der Waals surface area contributed by atoms with Gasteiger partial charge >= 0.3 is 10.0 Å². The van der Waals surface area contributed by atoms with E-state index in [1.165, 1.54) is 31.4 Å². The normalized spacial score (nSPS) is 25.7. The fraction of sp³-hybridized carbons (Fsp3) is 0.933. The van der Waals surface area contributed by atoms with Crippen molar-refractivity contribution in [2.24, 2.45) is 5.92 Å². The van der Waals surface area contributed by atoms with Crippen LogP contribution in [-0.2, 0) is 13.6 Å². The molecule has 0 N–H and O–H groups in total. The molecule has 1 aliphatic carbocycles. The van der Waals surface area contributed by atoms with Gasteiger partial charge in [-0.05, 0) is 45.4 Å². The third-order valence-electron chi connectivity index (χ3n) is 4.12. The van der Waals surface area contributed by atoms with Gasteiger partial charge in [-0.25, -0.2) is 0 Å². The van der Waals surface area contributed by atoms with Gasteiger partial charge in [-0.1, -0.05) is 24.0 Å². The van der Waals surface area contributed by atoms with Crippen molar-refractivity contribution in [3.05, 3.63) is 0 Å². The summed E-state index contributed by atoms with van der Waals surface area (Å²) in [5, 5.41) is 0. The second-order valence-corrected chi connectivity index (χ2v) is 8.78. The first kappa shape index (κ1) is 20.4. The largest absolute Gasteiger partial charge is 0.402 e. The van der Waals surface area contributed by atoms with Crippen LogP contribution in [0.1, 0.15) is 39.5 Å². The van der Waals surface area contributed by atoms with E-state index in [0.717, 1.165) is 23.3 Å². The molecule has 2 fully saturated rings. The molecule has 0 aromatic heterocycles. The molecule has 0 amide bonds. The SMILES string of the molecule is CCN(CC)C(=S)SCCC1CCC2OC2C1.CO[SiH2]OC. The molecule has 3 atom stereocenters. The minimum atomic E-state index is -0.568. The van der Waals surface area contributed by atoms with Gasteiger partial charge in [0.1, 0.15) is 4.32 Å². The van der Waals surface area contributed by atoms with E-state index < -0.39 is 10.0 Å². The molecule has 1 heterocycles. The smallest absolute Gasteiger partial charge is 0.303 e. The zero-order valence-corrected chi connectivity index (χ0v) is 17.4. The maximum Gasteiger partial charge on any atom is 0.303 e. The fourth-order valence-corrected chi connectivity index (χ4v) is 4.56. The second kappa shape index (κ2) is 11.8. The Labute approximate surface area is 147 Å². The Balaban J connectivity index is 0.000000422. The minimum Gasteiger partial charge on any atom is -0.402 e. The van der Waals surface area contributed by atoms with Gasteiger partial charge in [0.05, 0.1) is 12.2 Å². The van der Waals surface area contributed by atoms with E-state index in [-0.39, 0.29) is 0 Å². The molecule has 2 aliphatic rings. The van der Waals surface area contributed by atoms with E-state index in [4.69, 9.17) is 17.0 Å². The summed E-state index contributed by atoms with van der Waals surface area (Å²) in [7, 11) is 2.73. The Kier molecular flexibility index (Phi) is 10.9.